The van der Waals surface area contributed by atoms with E-state index in [4.69, 9.17) is 24.1 Å². The van der Waals surface area contributed by atoms with E-state index < -0.39 is 41.4 Å². The molecule has 1 aliphatic rings. The number of thiazole rings is 1. The highest BCUT2D eigenvalue weighted by atomic mass is 32.1. The van der Waals surface area contributed by atoms with Gasteiger partial charge in [-0.1, -0.05) is 45.0 Å². The van der Waals surface area contributed by atoms with Crippen LogP contribution < -0.4 is 10.6 Å². The van der Waals surface area contributed by atoms with Crippen molar-refractivity contribution in [3.63, 3.8) is 0 Å². The number of benzene rings is 1. The van der Waals surface area contributed by atoms with Crippen LogP contribution in [0.1, 0.15) is 51.4 Å². The van der Waals surface area contributed by atoms with E-state index in [1.54, 1.807) is 16.8 Å². The minimum absolute atomic E-state index is 0.0242. The van der Waals surface area contributed by atoms with Gasteiger partial charge in [0.2, 0.25) is 17.7 Å². The maximum Gasteiger partial charge on any atom is 0.329 e. The summed E-state index contributed by atoms with van der Waals surface area (Å²) in [6, 6.07) is 5.66. The van der Waals surface area contributed by atoms with Gasteiger partial charge in [0.25, 0.3) is 0 Å². The first-order valence-corrected chi connectivity index (χ1v) is 16.8. The Labute approximate surface area is 285 Å². The Kier molecular flexibility index (Phi) is 15.4. The molecule has 14 nitrogen and oxygen atoms in total. The number of aryl methyl sites for hydroxylation is 1. The van der Waals surface area contributed by atoms with Crippen molar-refractivity contribution in [2.75, 3.05) is 59.4 Å². The number of likely N-dealkylation sites (tertiary alicyclic amines) is 1. The zero-order chi connectivity index (χ0) is 35.3. The second kappa shape index (κ2) is 18.9. The molecule has 0 aliphatic carbocycles. The van der Waals surface area contributed by atoms with E-state index in [0.29, 0.717) is 0 Å². The quantitative estimate of drug-likeness (QED) is 0.158. The lowest BCUT2D eigenvalue weighted by atomic mass is 9.85. The summed E-state index contributed by atoms with van der Waals surface area (Å²) >= 11 is 1.57. The number of amides is 3. The molecule has 48 heavy (non-hydrogen) atoms. The summed E-state index contributed by atoms with van der Waals surface area (Å²) in [7, 11) is 0. The molecule has 1 aliphatic heterocycles. The fraction of sp³-hybridized carbons (Fsp3) is 0.606. The zero-order valence-electron chi connectivity index (χ0n) is 28.2. The Balaban J connectivity index is 1.46. The SMILES string of the molecule is Cc1ncsc1-c1ccc(C(C)NC(=O)[C@@H]2C[C@@H](O)CN2C(=O)C(NC(=O)COCCOCCOCCOCC(=O)O)C(C)(C)C)cc1. The van der Waals surface area contributed by atoms with Gasteiger partial charge in [-0.15, -0.1) is 11.3 Å². The van der Waals surface area contributed by atoms with Crippen LogP contribution in [0.5, 0.6) is 0 Å². The molecule has 3 rings (SSSR count). The molecule has 4 N–H and O–H groups in total. The Morgan fingerprint density at radius 1 is 0.958 bits per heavy atom. The maximum absolute atomic E-state index is 13.8. The number of aliphatic hydroxyl groups excluding tert-OH is 1. The molecule has 0 spiro atoms. The van der Waals surface area contributed by atoms with Crippen molar-refractivity contribution in [1.29, 1.82) is 0 Å². The molecule has 2 heterocycles. The van der Waals surface area contributed by atoms with Gasteiger partial charge >= 0.3 is 5.97 Å². The summed E-state index contributed by atoms with van der Waals surface area (Å²) in [6.45, 7) is 9.88. The maximum atomic E-state index is 13.8. The third kappa shape index (κ3) is 12.2. The lowest BCUT2D eigenvalue weighted by molar-refractivity contribution is -0.144. The van der Waals surface area contributed by atoms with E-state index in [0.717, 1.165) is 21.7 Å². The Morgan fingerprint density at radius 2 is 1.54 bits per heavy atom. The molecular formula is C33H48N4O10S. The van der Waals surface area contributed by atoms with Crippen LogP contribution in [0, 0.1) is 12.3 Å². The summed E-state index contributed by atoms with van der Waals surface area (Å²) in [6.07, 6.45) is -0.789. The monoisotopic (exact) mass is 692 g/mol. The molecule has 4 atom stereocenters. The van der Waals surface area contributed by atoms with Crippen molar-refractivity contribution < 1.29 is 48.3 Å². The van der Waals surface area contributed by atoms with E-state index in [1.807, 2.05) is 58.9 Å². The molecule has 0 bridgehead atoms. The number of aliphatic carboxylic acids is 1. The van der Waals surface area contributed by atoms with Crippen molar-refractivity contribution in [3.05, 3.63) is 41.0 Å². The van der Waals surface area contributed by atoms with Crippen LogP contribution in [0.15, 0.2) is 29.8 Å². The number of hydrogen-bond acceptors (Lipinski definition) is 11. The van der Waals surface area contributed by atoms with Crippen LogP contribution in [-0.2, 0) is 38.1 Å². The predicted molar refractivity (Wildman–Crippen MR) is 177 cm³/mol. The van der Waals surface area contributed by atoms with Gasteiger partial charge in [0.15, 0.2) is 0 Å². The number of rotatable bonds is 19. The summed E-state index contributed by atoms with van der Waals surface area (Å²) < 4.78 is 20.9. The van der Waals surface area contributed by atoms with Crippen LogP contribution in [0.2, 0.25) is 0 Å². The molecule has 0 radical (unpaired) electrons. The Hall–Kier alpha value is -3.47. The highest BCUT2D eigenvalue weighted by molar-refractivity contribution is 7.13. The van der Waals surface area contributed by atoms with Gasteiger partial charge in [-0.25, -0.2) is 9.78 Å². The minimum Gasteiger partial charge on any atom is -0.480 e. The number of carbonyl (C=O) groups is 4. The number of carboxylic acids is 1. The molecule has 3 amide bonds. The number of β-amino-alcohol motifs (C(OH)–C–C–N with tert-alkyl or cyclic N) is 1. The number of nitrogens with one attached hydrogen (secondary N) is 2. The third-order valence-electron chi connectivity index (χ3n) is 7.63. The van der Waals surface area contributed by atoms with E-state index in [2.05, 4.69) is 15.6 Å². The van der Waals surface area contributed by atoms with Crippen LogP contribution in [0.3, 0.4) is 0 Å². The molecular weight excluding hydrogens is 644 g/mol. The Bertz CT molecular complexity index is 1350. The summed E-state index contributed by atoms with van der Waals surface area (Å²) in [5, 5.41) is 24.7. The average Bonchev–Trinajstić information content (AvgIpc) is 3.64. The molecule has 1 aromatic carbocycles. The topological polar surface area (TPSA) is 186 Å². The number of carboxylic acid groups (broad SMARTS) is 1. The van der Waals surface area contributed by atoms with Crippen LogP contribution in [-0.4, -0.2) is 121 Å². The number of aliphatic hydroxyl groups is 1. The van der Waals surface area contributed by atoms with E-state index in [9.17, 15) is 24.3 Å². The number of hydrogen-bond donors (Lipinski definition) is 4. The summed E-state index contributed by atoms with van der Waals surface area (Å²) in [5.74, 6) is -2.38. The normalized spacial score (nSPS) is 17.6. The largest absolute Gasteiger partial charge is 0.480 e. The van der Waals surface area contributed by atoms with Gasteiger partial charge in [0, 0.05) is 13.0 Å². The lowest BCUT2D eigenvalue weighted by Crippen LogP contribution is -2.58. The summed E-state index contributed by atoms with van der Waals surface area (Å²) in [5.41, 5.74) is 4.00. The number of carbonyl (C=O) groups excluding carboxylic acids is 3. The Morgan fingerprint density at radius 3 is 2.08 bits per heavy atom. The minimum atomic E-state index is -1.04. The van der Waals surface area contributed by atoms with E-state index >= 15 is 0 Å². The highest BCUT2D eigenvalue weighted by Crippen LogP contribution is 2.29. The molecule has 15 heteroatoms. The van der Waals surface area contributed by atoms with E-state index in [1.165, 1.54) is 4.90 Å². The highest BCUT2D eigenvalue weighted by Gasteiger charge is 2.44. The fourth-order valence-corrected chi connectivity index (χ4v) is 5.91. The van der Waals surface area contributed by atoms with Crippen molar-refractivity contribution in [3.8, 4) is 10.4 Å². The molecule has 1 aromatic heterocycles. The fourth-order valence-electron chi connectivity index (χ4n) is 5.10. The van der Waals surface area contributed by atoms with Crippen molar-refractivity contribution in [2.45, 2.75) is 65.3 Å². The van der Waals surface area contributed by atoms with Crippen molar-refractivity contribution >= 4 is 35.0 Å². The van der Waals surface area contributed by atoms with Gasteiger partial charge in [-0.3, -0.25) is 14.4 Å². The molecule has 266 valence electrons. The first-order valence-electron chi connectivity index (χ1n) is 15.9. The van der Waals surface area contributed by atoms with Gasteiger partial charge in [0.1, 0.15) is 25.3 Å². The molecule has 2 aromatic rings. The smallest absolute Gasteiger partial charge is 0.329 e. The number of ether oxygens (including phenoxy) is 4. The average molecular weight is 693 g/mol. The van der Waals surface area contributed by atoms with E-state index in [-0.39, 0.29) is 77.8 Å². The number of nitrogens with zero attached hydrogens (tertiary/aromatic N) is 2. The van der Waals surface area contributed by atoms with Crippen LogP contribution >= 0.6 is 11.3 Å². The molecule has 1 fully saturated rings. The predicted octanol–water partition coefficient (Wildman–Crippen LogP) is 1.94. The first-order chi connectivity index (χ1) is 22.8. The third-order valence-corrected chi connectivity index (χ3v) is 8.61. The van der Waals surface area contributed by atoms with Gasteiger partial charge < -0.3 is 44.7 Å². The molecule has 0 saturated carbocycles. The molecule has 1 saturated heterocycles. The van der Waals surface area contributed by atoms with Gasteiger partial charge in [-0.05, 0) is 30.4 Å². The van der Waals surface area contributed by atoms with Gasteiger partial charge in [0.05, 0.1) is 67.9 Å². The molecule has 2 unspecified atom stereocenters. The van der Waals surface area contributed by atoms with Crippen molar-refractivity contribution in [1.82, 2.24) is 20.5 Å². The van der Waals surface area contributed by atoms with Gasteiger partial charge in [-0.2, -0.15) is 0 Å². The first kappa shape index (κ1) is 39.0. The van der Waals surface area contributed by atoms with Crippen molar-refractivity contribution in [2.24, 2.45) is 5.41 Å². The van der Waals surface area contributed by atoms with Crippen LogP contribution in [0.25, 0.3) is 10.4 Å². The lowest BCUT2D eigenvalue weighted by Gasteiger charge is -2.35. The standard InChI is InChI=1S/C33H48N4O10S/c1-21(23-6-8-24(9-7-23)29-22(2)34-20-48-29)35-31(42)26-16-25(38)17-37(26)32(43)30(33(3,4)5)36-27(39)18-46-14-12-44-10-11-45-13-15-47-19-28(40)41/h6-9,20-21,25-26,30,38H,10-19H2,1-5H3,(H,35,42)(H,36,39)(H,40,41)/t21?,25-,26+,30?/m1/s1. The second-order valence-electron chi connectivity index (χ2n) is 12.6. The summed E-state index contributed by atoms with van der Waals surface area (Å²) in [4.78, 5) is 57.2. The zero-order valence-corrected chi connectivity index (χ0v) is 29.0. The van der Waals surface area contributed by atoms with Crippen LogP contribution in [0.4, 0.5) is 0 Å². The second-order valence-corrected chi connectivity index (χ2v) is 13.5. The number of aromatic nitrogens is 1.